The summed E-state index contributed by atoms with van der Waals surface area (Å²) in [6.07, 6.45) is 0. The summed E-state index contributed by atoms with van der Waals surface area (Å²) in [5, 5.41) is -0.487. The van der Waals surface area contributed by atoms with Gasteiger partial charge in [0.15, 0.2) is 5.82 Å². The summed E-state index contributed by atoms with van der Waals surface area (Å²) in [6, 6.07) is 2.46. The van der Waals surface area contributed by atoms with E-state index < -0.39 is 17.5 Å². The van der Waals surface area contributed by atoms with Gasteiger partial charge in [-0.2, -0.15) is 0 Å². The number of aromatic amines is 1. The zero-order valence-corrected chi connectivity index (χ0v) is 14.5. The number of benzene rings is 1. The maximum atomic E-state index is 14.7. The first-order chi connectivity index (χ1) is 11.7. The Labute approximate surface area is 147 Å². The van der Waals surface area contributed by atoms with Crippen LogP contribution in [0.5, 0.6) is 0 Å². The van der Waals surface area contributed by atoms with Crippen molar-refractivity contribution in [2.75, 3.05) is 26.7 Å². The van der Waals surface area contributed by atoms with Gasteiger partial charge in [-0.1, -0.05) is 18.5 Å². The van der Waals surface area contributed by atoms with Gasteiger partial charge in [0.05, 0.1) is 21.8 Å². The van der Waals surface area contributed by atoms with E-state index in [0.717, 1.165) is 6.07 Å². The molecule has 0 unspecified atom stereocenters. The van der Waals surface area contributed by atoms with Crippen LogP contribution < -0.4 is 0 Å². The van der Waals surface area contributed by atoms with Crippen molar-refractivity contribution < 1.29 is 18.4 Å². The van der Waals surface area contributed by atoms with Gasteiger partial charge in [0.2, 0.25) is 5.91 Å². The predicted octanol–water partition coefficient (Wildman–Crippen LogP) is 2.65. The molecule has 0 bridgehead atoms. The molecule has 0 spiro atoms. The maximum absolute atomic E-state index is 14.7. The first-order valence-corrected chi connectivity index (χ1v) is 8.30. The molecule has 0 aliphatic carbocycles. The van der Waals surface area contributed by atoms with E-state index in [1.807, 2.05) is 6.92 Å². The molecule has 2 amide bonds. The molecule has 132 valence electrons. The third-order valence-corrected chi connectivity index (χ3v) is 5.73. The zero-order valence-electron chi connectivity index (χ0n) is 13.7. The van der Waals surface area contributed by atoms with Crippen molar-refractivity contribution in [2.24, 2.45) is 11.3 Å². The van der Waals surface area contributed by atoms with Crippen LogP contribution in [-0.2, 0) is 4.79 Å². The van der Waals surface area contributed by atoms with Crippen LogP contribution in [0.4, 0.5) is 8.78 Å². The molecule has 2 aliphatic heterocycles. The molecule has 4 rings (SSSR count). The highest BCUT2D eigenvalue weighted by atomic mass is 35.5. The molecule has 1 aromatic carbocycles. The Kier molecular flexibility index (Phi) is 3.38. The smallest absolute Gasteiger partial charge is 0.273 e. The number of hydrogen-bond donors (Lipinski definition) is 1. The number of nitrogens with zero attached hydrogens (tertiary/aromatic N) is 2. The molecule has 2 aromatic rings. The number of carbonyl (C=O) groups is 2. The Morgan fingerprint density at radius 1 is 1.36 bits per heavy atom. The van der Waals surface area contributed by atoms with Gasteiger partial charge in [-0.3, -0.25) is 9.59 Å². The predicted molar refractivity (Wildman–Crippen MR) is 88.4 cm³/mol. The molecule has 0 saturated carbocycles. The molecule has 2 saturated heterocycles. The van der Waals surface area contributed by atoms with E-state index in [1.54, 1.807) is 11.9 Å². The second-order valence-electron chi connectivity index (χ2n) is 7.18. The van der Waals surface area contributed by atoms with Crippen molar-refractivity contribution in [3.63, 3.8) is 0 Å². The van der Waals surface area contributed by atoms with Crippen LogP contribution in [0, 0.1) is 23.0 Å². The number of likely N-dealkylation sites (tertiary alicyclic amines) is 2. The Balaban J connectivity index is 1.69. The van der Waals surface area contributed by atoms with E-state index in [4.69, 9.17) is 11.6 Å². The van der Waals surface area contributed by atoms with Crippen LogP contribution in [0.3, 0.4) is 0 Å². The van der Waals surface area contributed by atoms with Gasteiger partial charge >= 0.3 is 0 Å². The lowest BCUT2D eigenvalue weighted by Crippen LogP contribution is -2.36. The van der Waals surface area contributed by atoms with E-state index in [2.05, 4.69) is 4.98 Å². The summed E-state index contributed by atoms with van der Waals surface area (Å²) >= 11 is 5.83. The number of rotatable bonds is 1. The standard InChI is InChI=1S/C17H16ClF2N3O2/c1-17-6-22(2)15(24)8(17)5-23(7-17)16(25)14-13(20)11-10(21-14)4-3-9(19)12(11)18/h3-4,8,21H,5-7H2,1-2H3/t8-,17-/m1/s1. The molecule has 2 atom stereocenters. The number of amides is 2. The molecule has 2 fully saturated rings. The fourth-order valence-electron chi connectivity index (χ4n) is 4.12. The Bertz CT molecular complexity index is 928. The molecule has 1 aromatic heterocycles. The number of H-pyrrole nitrogens is 1. The quantitative estimate of drug-likeness (QED) is 0.842. The van der Waals surface area contributed by atoms with Crippen LogP contribution in [0.2, 0.25) is 5.02 Å². The van der Waals surface area contributed by atoms with Crippen molar-refractivity contribution in [1.82, 2.24) is 14.8 Å². The molecular formula is C17H16ClF2N3O2. The van der Waals surface area contributed by atoms with Crippen LogP contribution in [0.1, 0.15) is 17.4 Å². The van der Waals surface area contributed by atoms with Gasteiger partial charge in [-0.25, -0.2) is 8.78 Å². The fraction of sp³-hybridized carbons (Fsp3) is 0.412. The number of fused-ring (bicyclic) bond motifs is 2. The second-order valence-corrected chi connectivity index (χ2v) is 7.56. The minimum Gasteiger partial charge on any atom is -0.348 e. The van der Waals surface area contributed by atoms with E-state index >= 15 is 0 Å². The van der Waals surface area contributed by atoms with E-state index in [-0.39, 0.29) is 45.4 Å². The van der Waals surface area contributed by atoms with Gasteiger partial charge in [0.25, 0.3) is 5.91 Å². The highest BCUT2D eigenvalue weighted by molar-refractivity contribution is 6.35. The summed E-state index contributed by atoms with van der Waals surface area (Å²) < 4.78 is 28.3. The largest absolute Gasteiger partial charge is 0.348 e. The molecule has 3 heterocycles. The lowest BCUT2D eigenvalue weighted by Gasteiger charge is -2.23. The summed E-state index contributed by atoms with van der Waals surface area (Å²) in [5.41, 5.74) is -0.339. The monoisotopic (exact) mass is 367 g/mol. The van der Waals surface area contributed by atoms with Crippen molar-refractivity contribution in [2.45, 2.75) is 6.92 Å². The van der Waals surface area contributed by atoms with Gasteiger partial charge in [0.1, 0.15) is 11.5 Å². The van der Waals surface area contributed by atoms with Gasteiger partial charge in [-0.15, -0.1) is 0 Å². The first kappa shape index (κ1) is 16.3. The van der Waals surface area contributed by atoms with E-state index in [1.165, 1.54) is 11.0 Å². The number of hydrogen-bond acceptors (Lipinski definition) is 2. The second kappa shape index (κ2) is 5.17. The van der Waals surface area contributed by atoms with Crippen LogP contribution in [0.15, 0.2) is 12.1 Å². The minimum atomic E-state index is -0.866. The summed E-state index contributed by atoms with van der Waals surface area (Å²) in [5.74, 6) is -2.44. The fourth-order valence-corrected chi connectivity index (χ4v) is 4.37. The van der Waals surface area contributed by atoms with E-state index in [0.29, 0.717) is 13.1 Å². The lowest BCUT2D eigenvalue weighted by molar-refractivity contribution is -0.130. The Morgan fingerprint density at radius 2 is 2.08 bits per heavy atom. The van der Waals surface area contributed by atoms with Crippen molar-refractivity contribution in [3.8, 4) is 0 Å². The summed E-state index contributed by atoms with van der Waals surface area (Å²) in [7, 11) is 1.74. The third kappa shape index (κ3) is 2.18. The third-order valence-electron chi connectivity index (χ3n) is 5.36. The van der Waals surface area contributed by atoms with E-state index in [9.17, 15) is 18.4 Å². The topological polar surface area (TPSA) is 56.4 Å². The van der Waals surface area contributed by atoms with Crippen LogP contribution in [-0.4, -0.2) is 53.3 Å². The molecule has 1 N–H and O–H groups in total. The minimum absolute atomic E-state index is 0.0000317. The normalized spacial score (nSPS) is 26.0. The number of nitrogens with one attached hydrogen (secondary N) is 1. The average Bonchev–Trinajstić information content (AvgIpc) is 3.13. The molecular weight excluding hydrogens is 352 g/mol. The zero-order chi connectivity index (χ0) is 18.1. The lowest BCUT2D eigenvalue weighted by atomic mass is 9.83. The number of halogens is 3. The molecule has 5 nitrogen and oxygen atoms in total. The summed E-state index contributed by atoms with van der Waals surface area (Å²) in [6.45, 7) is 3.13. The molecule has 8 heteroatoms. The van der Waals surface area contributed by atoms with Gasteiger partial charge in [0, 0.05) is 32.1 Å². The molecule has 2 aliphatic rings. The van der Waals surface area contributed by atoms with Crippen molar-refractivity contribution in [3.05, 3.63) is 34.5 Å². The maximum Gasteiger partial charge on any atom is 0.273 e. The highest BCUT2D eigenvalue weighted by Crippen LogP contribution is 2.43. The molecule has 25 heavy (non-hydrogen) atoms. The van der Waals surface area contributed by atoms with Gasteiger partial charge < -0.3 is 14.8 Å². The highest BCUT2D eigenvalue weighted by Gasteiger charge is 2.54. The Hall–Kier alpha value is -2.15. The SMILES string of the molecule is CN1C[C@]2(C)CN(C(=O)c3[nH]c4ccc(F)c(Cl)c4c3F)C[C@@H]2C1=O. The van der Waals surface area contributed by atoms with Crippen LogP contribution in [0.25, 0.3) is 10.9 Å². The number of carbonyl (C=O) groups excluding carboxylic acids is 2. The average molecular weight is 368 g/mol. The van der Waals surface area contributed by atoms with Crippen LogP contribution >= 0.6 is 11.6 Å². The van der Waals surface area contributed by atoms with Gasteiger partial charge in [-0.05, 0) is 12.1 Å². The Morgan fingerprint density at radius 3 is 2.76 bits per heavy atom. The number of aromatic nitrogens is 1. The van der Waals surface area contributed by atoms with Crippen molar-refractivity contribution in [1.29, 1.82) is 0 Å². The summed E-state index contributed by atoms with van der Waals surface area (Å²) in [4.78, 5) is 30.9. The van der Waals surface area contributed by atoms with Crippen molar-refractivity contribution >= 4 is 34.3 Å². The first-order valence-electron chi connectivity index (χ1n) is 7.92. The molecule has 0 radical (unpaired) electrons.